The van der Waals surface area contributed by atoms with E-state index in [1.54, 1.807) is 69.3 Å². The maximum Gasteiger partial charge on any atom is 0.258 e. The Labute approximate surface area is 304 Å². The molecule has 4 N–H and O–H groups in total. The number of aliphatic hydroxyl groups excluding tert-OH is 1. The first kappa shape index (κ1) is 40.0. The highest BCUT2D eigenvalue weighted by molar-refractivity contribution is 7.90. The number of rotatable bonds is 16. The van der Waals surface area contributed by atoms with Gasteiger partial charge in [0.05, 0.1) is 24.5 Å². The van der Waals surface area contributed by atoms with Gasteiger partial charge in [-0.3, -0.25) is 19.2 Å². The van der Waals surface area contributed by atoms with E-state index in [2.05, 4.69) is 22.5 Å². The van der Waals surface area contributed by atoms with Crippen LogP contribution in [0.3, 0.4) is 0 Å². The lowest BCUT2D eigenvalue weighted by Gasteiger charge is -2.32. The summed E-state index contributed by atoms with van der Waals surface area (Å²) in [5.74, 6) is -3.29. The Morgan fingerprint density at radius 1 is 1.00 bits per heavy atom. The fourth-order valence-corrected chi connectivity index (χ4v) is 6.83. The predicted octanol–water partition coefficient (Wildman–Crippen LogP) is 1.92. The van der Waals surface area contributed by atoms with Crippen molar-refractivity contribution in [3.63, 3.8) is 0 Å². The third kappa shape index (κ3) is 11.6. The zero-order valence-corrected chi connectivity index (χ0v) is 30.7. The summed E-state index contributed by atoms with van der Waals surface area (Å²) in [7, 11) is -3.82. The number of hydrogen-bond acceptors (Lipinski definition) is 9. The second-order valence-electron chi connectivity index (χ2n) is 14.0. The maximum atomic E-state index is 14.0. The van der Waals surface area contributed by atoms with Crippen molar-refractivity contribution in [1.29, 1.82) is 0 Å². The van der Waals surface area contributed by atoms with Crippen molar-refractivity contribution < 1.29 is 42.2 Å². The number of aliphatic hydroxyl groups is 1. The summed E-state index contributed by atoms with van der Waals surface area (Å²) in [6, 6.07) is 17.7. The molecule has 0 spiro atoms. The van der Waals surface area contributed by atoms with Crippen molar-refractivity contribution >= 4 is 44.2 Å². The number of fused-ring (bicyclic) bond motifs is 1. The van der Waals surface area contributed by atoms with Gasteiger partial charge < -0.3 is 35.4 Å². The first-order valence-electron chi connectivity index (χ1n) is 17.0. The number of nitrogens with one attached hydrogen (secondary N) is 3. The molecule has 3 aromatic rings. The normalized spacial score (nSPS) is 17.8. The number of carbonyl (C=O) groups excluding carboxylic acids is 4. The van der Waals surface area contributed by atoms with Crippen molar-refractivity contribution in [2.45, 2.75) is 69.5 Å². The Morgan fingerprint density at radius 3 is 2.35 bits per heavy atom. The fraction of sp³-hybridized carbons (Fsp3) is 0.421. The van der Waals surface area contributed by atoms with Gasteiger partial charge in [0.25, 0.3) is 11.8 Å². The van der Waals surface area contributed by atoms with Crippen LogP contribution in [-0.2, 0) is 40.2 Å². The number of nitrogens with zero attached hydrogens (tertiary/aromatic N) is 1. The SMILES string of the molecule is C=CCOC1CC(C(=O)NC(C)(C)C)N(C(=O)[C@@H](O)[C@H](Cc2ccccc2)NC(=O)[C@H](CS(C)(=O)=O)NC(=O)COc2cccc3ccccc23)C1. The Hall–Kier alpha value is -4.79. The number of ether oxygens (including phenoxy) is 2. The molecule has 280 valence electrons. The second-order valence-corrected chi connectivity index (χ2v) is 16.1. The molecular weight excluding hydrogens is 689 g/mol. The molecular formula is C38H48N4O9S. The molecule has 52 heavy (non-hydrogen) atoms. The van der Waals surface area contributed by atoms with E-state index in [9.17, 15) is 32.7 Å². The van der Waals surface area contributed by atoms with Crippen LogP contribution in [0.5, 0.6) is 5.75 Å². The summed E-state index contributed by atoms with van der Waals surface area (Å²) in [6.07, 6.45) is 0.233. The van der Waals surface area contributed by atoms with Gasteiger partial charge in [-0.2, -0.15) is 0 Å². The van der Waals surface area contributed by atoms with E-state index in [1.165, 1.54) is 4.90 Å². The average Bonchev–Trinajstić information content (AvgIpc) is 3.52. The van der Waals surface area contributed by atoms with Crippen molar-refractivity contribution in [3.8, 4) is 5.75 Å². The van der Waals surface area contributed by atoms with Gasteiger partial charge in [-0.1, -0.05) is 72.8 Å². The van der Waals surface area contributed by atoms with Crippen molar-refractivity contribution in [2.24, 2.45) is 0 Å². The van der Waals surface area contributed by atoms with E-state index in [0.717, 1.165) is 17.0 Å². The standard InChI is InChI=1S/C38H48N4O9S/c1-6-19-50-27-21-31(36(46)41-38(2,3)4)42(22-27)37(47)34(44)29(20-25-13-8-7-9-14-25)40-35(45)30(24-52(5,48)49)39-33(43)23-51-32-18-12-16-26-15-10-11-17-28(26)32/h6-18,27,29-31,34,44H,1,19-24H2,2-5H3,(H,39,43)(H,40,45)(H,41,46)/t27?,29-,30-,31?,34-/m0/s1. The smallest absolute Gasteiger partial charge is 0.258 e. The molecule has 0 aromatic heterocycles. The first-order valence-corrected chi connectivity index (χ1v) is 19.1. The minimum Gasteiger partial charge on any atom is -0.483 e. The summed E-state index contributed by atoms with van der Waals surface area (Å²) in [4.78, 5) is 55.5. The highest BCUT2D eigenvalue weighted by Gasteiger charge is 2.44. The number of carbonyl (C=O) groups is 4. The van der Waals surface area contributed by atoms with E-state index in [1.807, 2.05) is 30.3 Å². The Bertz CT molecular complexity index is 1840. The van der Waals surface area contributed by atoms with Crippen LogP contribution in [0.2, 0.25) is 0 Å². The molecule has 0 aliphatic carbocycles. The monoisotopic (exact) mass is 736 g/mol. The third-order valence-corrected chi connectivity index (χ3v) is 9.23. The number of likely N-dealkylation sites (tertiary alicyclic amines) is 1. The van der Waals surface area contributed by atoms with Crippen LogP contribution in [-0.4, -0.2) is 110 Å². The van der Waals surface area contributed by atoms with E-state index in [4.69, 9.17) is 9.47 Å². The fourth-order valence-electron chi connectivity index (χ4n) is 5.99. The summed E-state index contributed by atoms with van der Waals surface area (Å²) in [5, 5.41) is 21.2. The molecule has 13 nitrogen and oxygen atoms in total. The number of amides is 4. The maximum absolute atomic E-state index is 14.0. The van der Waals surface area contributed by atoms with E-state index < -0.39 is 81.7 Å². The molecule has 1 saturated heterocycles. The lowest BCUT2D eigenvalue weighted by molar-refractivity contribution is -0.147. The third-order valence-electron chi connectivity index (χ3n) is 8.29. The van der Waals surface area contributed by atoms with Crippen molar-refractivity contribution in [1.82, 2.24) is 20.9 Å². The minimum absolute atomic E-state index is 0.00142. The average molecular weight is 737 g/mol. The number of benzene rings is 3. The van der Waals surface area contributed by atoms with Gasteiger partial charge in [0, 0.05) is 30.1 Å². The molecule has 0 bridgehead atoms. The summed E-state index contributed by atoms with van der Waals surface area (Å²) < 4.78 is 36.4. The molecule has 5 atom stereocenters. The van der Waals surface area contributed by atoms with Crippen LogP contribution in [0.25, 0.3) is 10.8 Å². The van der Waals surface area contributed by atoms with Crippen LogP contribution < -0.4 is 20.7 Å². The van der Waals surface area contributed by atoms with E-state index in [0.29, 0.717) is 11.3 Å². The van der Waals surface area contributed by atoms with Gasteiger partial charge in [0.1, 0.15) is 27.7 Å². The largest absolute Gasteiger partial charge is 0.483 e. The molecule has 4 amide bonds. The molecule has 0 radical (unpaired) electrons. The second kappa shape index (κ2) is 17.6. The molecule has 1 aliphatic rings. The van der Waals surface area contributed by atoms with Crippen molar-refractivity contribution in [2.75, 3.05) is 31.8 Å². The van der Waals surface area contributed by atoms with Crippen LogP contribution >= 0.6 is 0 Å². The molecule has 14 heteroatoms. The Kier molecular flexibility index (Phi) is 13.6. The van der Waals surface area contributed by atoms with E-state index in [-0.39, 0.29) is 26.0 Å². The van der Waals surface area contributed by atoms with Crippen LogP contribution in [0.15, 0.2) is 85.5 Å². The zero-order valence-electron chi connectivity index (χ0n) is 29.9. The summed E-state index contributed by atoms with van der Waals surface area (Å²) >= 11 is 0. The minimum atomic E-state index is -3.82. The zero-order chi connectivity index (χ0) is 38.1. The lowest BCUT2D eigenvalue weighted by atomic mass is 9.99. The molecule has 2 unspecified atom stereocenters. The van der Waals surface area contributed by atoms with Crippen LogP contribution in [0, 0.1) is 0 Å². The van der Waals surface area contributed by atoms with E-state index >= 15 is 0 Å². The lowest BCUT2D eigenvalue weighted by Crippen LogP contribution is -2.60. The summed E-state index contributed by atoms with van der Waals surface area (Å²) in [5.41, 5.74) is 0.0512. The molecule has 0 saturated carbocycles. The Morgan fingerprint density at radius 2 is 1.67 bits per heavy atom. The Balaban J connectivity index is 1.55. The molecule has 3 aromatic carbocycles. The number of hydrogen-bond donors (Lipinski definition) is 4. The summed E-state index contributed by atoms with van der Waals surface area (Å²) in [6.45, 7) is 8.74. The van der Waals surface area contributed by atoms with Crippen molar-refractivity contribution in [3.05, 3.63) is 91.0 Å². The van der Waals surface area contributed by atoms with Crippen LogP contribution in [0.1, 0.15) is 32.8 Å². The molecule has 1 heterocycles. The van der Waals surface area contributed by atoms with Gasteiger partial charge in [-0.05, 0) is 44.2 Å². The highest BCUT2D eigenvalue weighted by atomic mass is 32.2. The van der Waals surface area contributed by atoms with Gasteiger partial charge >= 0.3 is 0 Å². The predicted molar refractivity (Wildman–Crippen MR) is 197 cm³/mol. The van der Waals surface area contributed by atoms with Gasteiger partial charge in [-0.25, -0.2) is 8.42 Å². The highest BCUT2D eigenvalue weighted by Crippen LogP contribution is 2.26. The topological polar surface area (TPSA) is 180 Å². The molecule has 1 fully saturated rings. The van der Waals surface area contributed by atoms with Crippen LogP contribution in [0.4, 0.5) is 0 Å². The van der Waals surface area contributed by atoms with Gasteiger partial charge in [0.15, 0.2) is 12.7 Å². The number of sulfone groups is 1. The van der Waals surface area contributed by atoms with Gasteiger partial charge in [0.2, 0.25) is 11.8 Å². The molecule has 1 aliphatic heterocycles. The van der Waals surface area contributed by atoms with Gasteiger partial charge in [-0.15, -0.1) is 6.58 Å². The first-order chi connectivity index (χ1) is 24.5. The quantitative estimate of drug-likeness (QED) is 0.160. The molecule has 4 rings (SSSR count).